The van der Waals surface area contributed by atoms with Gasteiger partial charge in [0.25, 0.3) is 11.8 Å². The number of rotatable bonds is 4. The van der Waals surface area contributed by atoms with Crippen LogP contribution in [-0.2, 0) is 7.05 Å². The van der Waals surface area contributed by atoms with Gasteiger partial charge in [-0.2, -0.15) is 5.10 Å². The van der Waals surface area contributed by atoms with Crippen LogP contribution in [0.15, 0.2) is 39.6 Å². The Bertz CT molecular complexity index is 836. The summed E-state index contributed by atoms with van der Waals surface area (Å²) in [4.78, 5) is 13.2. The van der Waals surface area contributed by atoms with Gasteiger partial charge < -0.3 is 4.42 Å². The van der Waals surface area contributed by atoms with Crippen molar-refractivity contribution in [3.63, 3.8) is 0 Å². The van der Waals surface area contributed by atoms with Gasteiger partial charge in [0.2, 0.25) is 0 Å². The second-order valence-electron chi connectivity index (χ2n) is 4.89. The van der Waals surface area contributed by atoms with Gasteiger partial charge in [0.15, 0.2) is 0 Å². The molecule has 0 radical (unpaired) electrons. The van der Waals surface area contributed by atoms with Crippen molar-refractivity contribution in [3.8, 4) is 11.6 Å². The van der Waals surface area contributed by atoms with Crippen LogP contribution in [-0.4, -0.2) is 32.1 Å². The third kappa shape index (κ3) is 3.26. The maximum Gasteiger partial charge on any atom is 0.322 e. The van der Waals surface area contributed by atoms with Crippen molar-refractivity contribution in [1.82, 2.24) is 20.0 Å². The molecule has 0 saturated heterocycles. The zero-order chi connectivity index (χ0) is 16.4. The number of amides is 1. The van der Waals surface area contributed by atoms with Gasteiger partial charge in [0.05, 0.1) is 0 Å². The van der Waals surface area contributed by atoms with E-state index < -0.39 is 0 Å². The molecule has 2 aromatic heterocycles. The van der Waals surface area contributed by atoms with Crippen LogP contribution in [0.1, 0.15) is 16.1 Å². The molecule has 0 atom stereocenters. The second-order valence-corrected chi connectivity index (χ2v) is 5.77. The van der Waals surface area contributed by atoms with Crippen molar-refractivity contribution in [2.45, 2.75) is 11.8 Å². The van der Waals surface area contributed by atoms with E-state index in [1.165, 1.54) is 0 Å². The number of nitrogens with zero attached hydrogens (tertiary/aromatic N) is 4. The lowest BCUT2D eigenvalue weighted by atomic mass is 10.2. The standard InChI is InChI=1S/C15H15N5O2S/c1-9-7-12(19-20(9)2)14-17-18-15(22-14)16-13(21)10-5-4-6-11(8-10)23-3/h4-8H,1-3H3,(H,16,18,21). The van der Waals surface area contributed by atoms with Crippen LogP contribution >= 0.6 is 11.8 Å². The van der Waals surface area contributed by atoms with Gasteiger partial charge in [-0.15, -0.1) is 16.9 Å². The van der Waals surface area contributed by atoms with Crippen molar-refractivity contribution >= 4 is 23.7 Å². The number of carbonyl (C=O) groups is 1. The van der Waals surface area contributed by atoms with Gasteiger partial charge in [-0.3, -0.25) is 14.8 Å². The molecule has 0 unspecified atom stereocenters. The summed E-state index contributed by atoms with van der Waals surface area (Å²) in [6.45, 7) is 1.92. The number of aromatic nitrogens is 4. The Morgan fingerprint density at radius 2 is 2.13 bits per heavy atom. The molecule has 1 N–H and O–H groups in total. The monoisotopic (exact) mass is 329 g/mol. The number of hydrogen-bond acceptors (Lipinski definition) is 6. The maximum absolute atomic E-state index is 12.2. The molecule has 3 aromatic rings. The number of benzene rings is 1. The van der Waals surface area contributed by atoms with Gasteiger partial charge in [-0.1, -0.05) is 11.2 Å². The average Bonchev–Trinajstić information content (AvgIpc) is 3.14. The van der Waals surface area contributed by atoms with Crippen molar-refractivity contribution in [2.24, 2.45) is 7.05 Å². The van der Waals surface area contributed by atoms with E-state index in [-0.39, 0.29) is 17.8 Å². The van der Waals surface area contributed by atoms with Crippen molar-refractivity contribution in [2.75, 3.05) is 11.6 Å². The largest absolute Gasteiger partial charge is 0.401 e. The Kier molecular flexibility index (Phi) is 4.16. The molecule has 2 heterocycles. The lowest BCUT2D eigenvalue weighted by Gasteiger charge is -2.02. The summed E-state index contributed by atoms with van der Waals surface area (Å²) in [5.74, 6) is -0.0323. The van der Waals surface area contributed by atoms with E-state index in [1.807, 2.05) is 38.4 Å². The van der Waals surface area contributed by atoms with E-state index >= 15 is 0 Å². The van der Waals surface area contributed by atoms with Crippen molar-refractivity contribution < 1.29 is 9.21 Å². The zero-order valence-corrected chi connectivity index (χ0v) is 13.7. The molecule has 1 aromatic carbocycles. The Morgan fingerprint density at radius 1 is 1.30 bits per heavy atom. The number of aryl methyl sites for hydroxylation is 2. The summed E-state index contributed by atoms with van der Waals surface area (Å²) in [5.41, 5.74) is 2.07. The number of hydrogen-bond donors (Lipinski definition) is 1. The third-order valence-electron chi connectivity index (χ3n) is 3.31. The van der Waals surface area contributed by atoms with Crippen LogP contribution in [0.3, 0.4) is 0 Å². The predicted octanol–water partition coefficient (Wildman–Crippen LogP) is 2.75. The molecule has 118 valence electrons. The summed E-state index contributed by atoms with van der Waals surface area (Å²) >= 11 is 1.57. The Labute approximate surface area is 137 Å². The first-order valence-electron chi connectivity index (χ1n) is 6.87. The first-order chi connectivity index (χ1) is 11.1. The maximum atomic E-state index is 12.2. The van der Waals surface area contributed by atoms with Crippen molar-refractivity contribution in [3.05, 3.63) is 41.6 Å². The molecule has 0 aliphatic heterocycles. The van der Waals surface area contributed by atoms with Crippen LogP contribution in [0.25, 0.3) is 11.6 Å². The normalized spacial score (nSPS) is 10.7. The zero-order valence-electron chi connectivity index (χ0n) is 12.9. The van der Waals surface area contributed by atoms with Crippen LogP contribution in [0.4, 0.5) is 6.01 Å². The van der Waals surface area contributed by atoms with E-state index in [0.717, 1.165) is 10.6 Å². The highest BCUT2D eigenvalue weighted by atomic mass is 32.2. The summed E-state index contributed by atoms with van der Waals surface area (Å²) in [7, 11) is 1.83. The average molecular weight is 329 g/mol. The van der Waals surface area contributed by atoms with Gasteiger partial charge in [0.1, 0.15) is 5.69 Å². The molecule has 3 rings (SSSR count). The fourth-order valence-electron chi connectivity index (χ4n) is 1.98. The molecule has 0 aliphatic rings. The molecule has 0 spiro atoms. The van der Waals surface area contributed by atoms with Crippen molar-refractivity contribution in [1.29, 1.82) is 0 Å². The molecule has 8 heteroatoms. The highest BCUT2D eigenvalue weighted by molar-refractivity contribution is 7.98. The fourth-order valence-corrected chi connectivity index (χ4v) is 2.44. The molecule has 23 heavy (non-hydrogen) atoms. The van der Waals surface area contributed by atoms with Gasteiger partial charge in [-0.25, -0.2) is 0 Å². The van der Waals surface area contributed by atoms with E-state index in [1.54, 1.807) is 28.6 Å². The third-order valence-corrected chi connectivity index (χ3v) is 4.04. The molecular weight excluding hydrogens is 314 g/mol. The smallest absolute Gasteiger partial charge is 0.322 e. The summed E-state index contributed by atoms with van der Waals surface area (Å²) < 4.78 is 7.17. The van der Waals surface area contributed by atoms with Crippen LogP contribution in [0, 0.1) is 6.92 Å². The highest BCUT2D eigenvalue weighted by Crippen LogP contribution is 2.20. The van der Waals surface area contributed by atoms with E-state index in [0.29, 0.717) is 11.3 Å². The minimum absolute atomic E-state index is 0.0443. The Morgan fingerprint density at radius 3 is 2.83 bits per heavy atom. The summed E-state index contributed by atoms with van der Waals surface area (Å²) in [5, 5.41) is 14.6. The Balaban J connectivity index is 1.77. The van der Waals surface area contributed by atoms with Gasteiger partial charge in [-0.05, 0) is 37.4 Å². The Hall–Kier alpha value is -2.61. The molecule has 0 bridgehead atoms. The minimum Gasteiger partial charge on any atom is -0.401 e. The van der Waals surface area contributed by atoms with E-state index in [4.69, 9.17) is 4.42 Å². The molecule has 0 fully saturated rings. The lowest BCUT2D eigenvalue weighted by molar-refractivity contribution is 0.102. The number of nitrogens with one attached hydrogen (secondary N) is 1. The molecule has 1 amide bonds. The number of anilines is 1. The lowest BCUT2D eigenvalue weighted by Crippen LogP contribution is -2.12. The van der Waals surface area contributed by atoms with Crippen LogP contribution in [0.2, 0.25) is 0 Å². The van der Waals surface area contributed by atoms with Gasteiger partial charge in [0, 0.05) is 23.2 Å². The SMILES string of the molecule is CSc1cccc(C(=O)Nc2nnc(-c3cc(C)n(C)n3)o2)c1. The summed E-state index contributed by atoms with van der Waals surface area (Å²) in [6.07, 6.45) is 1.95. The first-order valence-corrected chi connectivity index (χ1v) is 8.09. The number of thioether (sulfide) groups is 1. The molecule has 0 aliphatic carbocycles. The van der Waals surface area contributed by atoms with Crippen LogP contribution in [0.5, 0.6) is 0 Å². The number of carbonyl (C=O) groups excluding carboxylic acids is 1. The van der Waals surface area contributed by atoms with Gasteiger partial charge >= 0.3 is 6.01 Å². The first kappa shape index (κ1) is 15.3. The van der Waals surface area contributed by atoms with Crippen LogP contribution < -0.4 is 5.32 Å². The predicted molar refractivity (Wildman–Crippen MR) is 87.4 cm³/mol. The highest BCUT2D eigenvalue weighted by Gasteiger charge is 2.15. The van der Waals surface area contributed by atoms with E-state index in [2.05, 4.69) is 20.6 Å². The fraction of sp³-hybridized carbons (Fsp3) is 0.200. The second kappa shape index (κ2) is 6.25. The molecular formula is C15H15N5O2S. The quantitative estimate of drug-likeness (QED) is 0.741. The minimum atomic E-state index is -0.298. The molecule has 7 nitrogen and oxygen atoms in total. The topological polar surface area (TPSA) is 85.8 Å². The summed E-state index contributed by atoms with van der Waals surface area (Å²) in [6, 6.07) is 9.18. The van der Waals surface area contributed by atoms with E-state index in [9.17, 15) is 4.79 Å². The molecule has 0 saturated carbocycles.